The van der Waals surface area contributed by atoms with Gasteiger partial charge < -0.3 is 4.72 Å². The predicted molar refractivity (Wildman–Crippen MR) is 46.2 cm³/mol. The number of nitrogens with one attached hydrogen (secondary N) is 1. The molecule has 0 saturated carbocycles. The maximum Gasteiger partial charge on any atom is 0.389 e. The SMILES string of the molecule is CCC(=O)NSCCCC(F)(F)F. The number of hydrogen-bond donors (Lipinski definition) is 1. The molecule has 0 aliphatic heterocycles. The number of amides is 1. The van der Waals surface area contributed by atoms with Crippen molar-refractivity contribution < 1.29 is 18.0 Å². The highest BCUT2D eigenvalue weighted by Gasteiger charge is 2.25. The summed E-state index contributed by atoms with van der Waals surface area (Å²) < 4.78 is 37.3. The first-order chi connectivity index (χ1) is 5.95. The fraction of sp³-hybridized carbons (Fsp3) is 0.857. The number of hydrogen-bond acceptors (Lipinski definition) is 2. The molecule has 0 radical (unpaired) electrons. The second-order valence-corrected chi connectivity index (χ2v) is 3.35. The average molecular weight is 215 g/mol. The summed E-state index contributed by atoms with van der Waals surface area (Å²) in [6.07, 6.45) is -4.48. The summed E-state index contributed by atoms with van der Waals surface area (Å²) in [5, 5.41) is 0. The van der Waals surface area contributed by atoms with E-state index < -0.39 is 12.6 Å². The fourth-order valence-corrected chi connectivity index (χ4v) is 1.24. The van der Waals surface area contributed by atoms with Gasteiger partial charge in [-0.3, -0.25) is 4.79 Å². The van der Waals surface area contributed by atoms with E-state index in [9.17, 15) is 18.0 Å². The maximum atomic E-state index is 11.6. The summed E-state index contributed by atoms with van der Waals surface area (Å²) in [5.74, 6) is 0.141. The highest BCUT2D eigenvalue weighted by atomic mass is 32.2. The Hall–Kier alpha value is -0.390. The third-order valence-electron chi connectivity index (χ3n) is 1.21. The summed E-state index contributed by atoms with van der Waals surface area (Å²) in [6, 6.07) is 0. The standard InChI is InChI=1S/C7H12F3NOS/c1-2-6(12)11-13-5-3-4-7(8,9)10/h2-5H2,1H3,(H,11,12). The fourth-order valence-electron chi connectivity index (χ4n) is 0.548. The summed E-state index contributed by atoms with van der Waals surface area (Å²) in [5.41, 5.74) is 0. The van der Waals surface area contributed by atoms with Crippen LogP contribution in [0.15, 0.2) is 0 Å². The van der Waals surface area contributed by atoms with Gasteiger partial charge >= 0.3 is 6.18 Å². The minimum absolute atomic E-state index is 0.0398. The smallest absolute Gasteiger partial charge is 0.300 e. The third-order valence-corrected chi connectivity index (χ3v) is 2.08. The predicted octanol–water partition coefficient (Wildman–Crippen LogP) is 2.50. The van der Waals surface area contributed by atoms with Gasteiger partial charge in [-0.1, -0.05) is 18.9 Å². The molecule has 0 aliphatic carbocycles. The van der Waals surface area contributed by atoms with Crippen LogP contribution in [0.3, 0.4) is 0 Å². The van der Waals surface area contributed by atoms with Crippen LogP contribution < -0.4 is 4.72 Å². The van der Waals surface area contributed by atoms with Crippen molar-refractivity contribution in [1.82, 2.24) is 4.72 Å². The van der Waals surface area contributed by atoms with Crippen LogP contribution in [0.1, 0.15) is 26.2 Å². The quantitative estimate of drug-likeness (QED) is 0.564. The molecule has 0 saturated heterocycles. The number of carbonyl (C=O) groups is 1. The average Bonchev–Trinajstić information content (AvgIpc) is 2.01. The van der Waals surface area contributed by atoms with Crippen molar-refractivity contribution in [2.45, 2.75) is 32.4 Å². The van der Waals surface area contributed by atoms with Gasteiger partial charge in [-0.25, -0.2) is 0 Å². The van der Waals surface area contributed by atoms with Crippen molar-refractivity contribution in [3.05, 3.63) is 0 Å². The molecule has 0 rings (SSSR count). The Bertz CT molecular complexity index is 160. The van der Waals surface area contributed by atoms with Crippen molar-refractivity contribution in [2.24, 2.45) is 0 Å². The zero-order valence-electron chi connectivity index (χ0n) is 7.28. The van der Waals surface area contributed by atoms with Crippen molar-refractivity contribution in [3.63, 3.8) is 0 Å². The Morgan fingerprint density at radius 3 is 2.54 bits per heavy atom. The molecular weight excluding hydrogens is 203 g/mol. The first kappa shape index (κ1) is 12.6. The Kier molecular flexibility index (Phi) is 5.94. The van der Waals surface area contributed by atoms with Gasteiger partial charge in [0.15, 0.2) is 0 Å². The van der Waals surface area contributed by atoms with E-state index in [4.69, 9.17) is 0 Å². The molecule has 0 heterocycles. The van der Waals surface area contributed by atoms with Crippen LogP contribution in [0.25, 0.3) is 0 Å². The maximum absolute atomic E-state index is 11.6. The molecule has 6 heteroatoms. The van der Waals surface area contributed by atoms with Crippen molar-refractivity contribution >= 4 is 17.9 Å². The van der Waals surface area contributed by atoms with E-state index in [0.717, 1.165) is 11.9 Å². The minimum atomic E-state index is -4.09. The number of halogens is 3. The van der Waals surface area contributed by atoms with Crippen LogP contribution in [-0.2, 0) is 4.79 Å². The van der Waals surface area contributed by atoms with E-state index >= 15 is 0 Å². The van der Waals surface area contributed by atoms with Crippen LogP contribution in [0.4, 0.5) is 13.2 Å². The molecule has 0 unspecified atom stereocenters. The van der Waals surface area contributed by atoms with E-state index in [1.165, 1.54) is 0 Å². The van der Waals surface area contributed by atoms with Crippen molar-refractivity contribution in [3.8, 4) is 0 Å². The molecule has 0 aromatic heterocycles. The second kappa shape index (κ2) is 6.12. The van der Waals surface area contributed by atoms with Gasteiger partial charge in [0.1, 0.15) is 0 Å². The van der Waals surface area contributed by atoms with E-state index in [0.29, 0.717) is 12.2 Å². The van der Waals surface area contributed by atoms with E-state index in [1.807, 2.05) is 0 Å². The summed E-state index contributed by atoms with van der Waals surface area (Å²) in [7, 11) is 0. The zero-order valence-corrected chi connectivity index (χ0v) is 8.10. The van der Waals surface area contributed by atoms with Gasteiger partial charge in [-0.05, 0) is 6.42 Å². The van der Waals surface area contributed by atoms with E-state index in [1.54, 1.807) is 6.92 Å². The molecule has 1 N–H and O–H groups in total. The first-order valence-electron chi connectivity index (χ1n) is 3.93. The molecule has 0 fully saturated rings. The normalized spacial score (nSPS) is 11.4. The van der Waals surface area contributed by atoms with Crippen molar-refractivity contribution in [2.75, 3.05) is 5.75 Å². The van der Waals surface area contributed by atoms with Crippen LogP contribution >= 0.6 is 11.9 Å². The van der Waals surface area contributed by atoms with Gasteiger partial charge in [0, 0.05) is 18.6 Å². The number of carbonyl (C=O) groups excluding carboxylic acids is 1. The third kappa shape index (κ3) is 9.52. The summed E-state index contributed by atoms with van der Waals surface area (Å²) in [4.78, 5) is 10.6. The largest absolute Gasteiger partial charge is 0.389 e. The Balaban J connectivity index is 3.22. The lowest BCUT2D eigenvalue weighted by atomic mass is 10.3. The van der Waals surface area contributed by atoms with Gasteiger partial charge in [-0.2, -0.15) is 13.2 Å². The lowest BCUT2D eigenvalue weighted by Crippen LogP contribution is -2.15. The lowest BCUT2D eigenvalue weighted by molar-refractivity contribution is -0.134. The number of rotatable bonds is 5. The Labute approximate surface area is 79.4 Å². The molecule has 0 aromatic carbocycles. The van der Waals surface area contributed by atoms with Gasteiger partial charge in [-0.15, -0.1) is 0 Å². The monoisotopic (exact) mass is 215 g/mol. The second-order valence-electron chi connectivity index (χ2n) is 2.45. The van der Waals surface area contributed by atoms with E-state index in [2.05, 4.69) is 4.72 Å². The molecule has 0 aliphatic rings. The van der Waals surface area contributed by atoms with E-state index in [-0.39, 0.29) is 12.3 Å². The van der Waals surface area contributed by atoms with Crippen LogP contribution in [0, 0.1) is 0 Å². The van der Waals surface area contributed by atoms with Gasteiger partial charge in [0.05, 0.1) is 0 Å². The van der Waals surface area contributed by atoms with Gasteiger partial charge in [0.2, 0.25) is 5.91 Å². The molecule has 2 nitrogen and oxygen atoms in total. The lowest BCUT2D eigenvalue weighted by Gasteiger charge is -2.05. The van der Waals surface area contributed by atoms with Crippen LogP contribution in [-0.4, -0.2) is 17.8 Å². The molecular formula is C7H12F3NOS. The molecule has 78 valence electrons. The topological polar surface area (TPSA) is 29.1 Å². The molecule has 0 atom stereocenters. The molecule has 0 spiro atoms. The summed E-state index contributed by atoms with van der Waals surface area (Å²) >= 11 is 1.03. The number of alkyl halides is 3. The minimum Gasteiger partial charge on any atom is -0.300 e. The molecule has 0 aromatic rings. The van der Waals surface area contributed by atoms with Crippen molar-refractivity contribution in [1.29, 1.82) is 0 Å². The highest BCUT2D eigenvalue weighted by Crippen LogP contribution is 2.21. The first-order valence-corrected chi connectivity index (χ1v) is 4.91. The Morgan fingerprint density at radius 2 is 2.08 bits per heavy atom. The summed E-state index contributed by atoms with van der Waals surface area (Å²) in [6.45, 7) is 1.69. The molecule has 0 bridgehead atoms. The van der Waals surface area contributed by atoms with Crippen LogP contribution in [0.2, 0.25) is 0 Å². The van der Waals surface area contributed by atoms with Gasteiger partial charge in [0.25, 0.3) is 0 Å². The molecule has 13 heavy (non-hydrogen) atoms. The Morgan fingerprint density at radius 1 is 1.46 bits per heavy atom. The molecule has 1 amide bonds. The highest BCUT2D eigenvalue weighted by molar-refractivity contribution is 7.97. The zero-order chi connectivity index (χ0) is 10.3. The van der Waals surface area contributed by atoms with Crippen LogP contribution in [0.5, 0.6) is 0 Å².